The lowest BCUT2D eigenvalue weighted by Gasteiger charge is -2.02. The molecular weight excluding hydrogens is 232 g/mol. The maximum absolute atomic E-state index is 4.22. The van der Waals surface area contributed by atoms with Crippen LogP contribution in [0, 0.1) is 11.8 Å². The van der Waals surface area contributed by atoms with Crippen LogP contribution in [0.25, 0.3) is 0 Å². The van der Waals surface area contributed by atoms with Crippen molar-refractivity contribution >= 4 is 6.01 Å². The summed E-state index contributed by atoms with van der Waals surface area (Å²) in [5, 5.41) is 0. The molecule has 2 nitrogen and oxygen atoms in total. The fraction of sp³-hybridized carbons (Fsp3) is 0.941. The largest absolute Gasteiger partial charge is 0.226 e. The minimum atomic E-state index is 0.834. The highest BCUT2D eigenvalue weighted by molar-refractivity contribution is 5.40. The number of hydrogen-bond donors (Lipinski definition) is 0. The molecule has 112 valence electrons. The van der Waals surface area contributed by atoms with Crippen LogP contribution >= 0.6 is 0 Å². The van der Waals surface area contributed by atoms with E-state index in [-0.39, 0.29) is 0 Å². The van der Waals surface area contributed by atoms with E-state index in [1.807, 2.05) is 0 Å². The second kappa shape index (κ2) is 13.8. The van der Waals surface area contributed by atoms with Gasteiger partial charge in [0.2, 0.25) is 0 Å². The highest BCUT2D eigenvalue weighted by Gasteiger charge is 1.94. The van der Waals surface area contributed by atoms with Crippen LogP contribution in [0.1, 0.15) is 79.1 Å². The molecule has 0 N–H and O–H groups in total. The van der Waals surface area contributed by atoms with Gasteiger partial charge in [0.05, 0.1) is 6.01 Å². The Hall–Kier alpha value is -0.620. The van der Waals surface area contributed by atoms with Crippen LogP contribution in [0.15, 0.2) is 9.98 Å². The number of nitrogens with zero attached hydrogens (tertiary/aromatic N) is 2. The third kappa shape index (κ3) is 17.4. The molecule has 0 heterocycles. The topological polar surface area (TPSA) is 24.7 Å². The van der Waals surface area contributed by atoms with E-state index in [2.05, 4.69) is 43.7 Å². The third-order valence-electron chi connectivity index (χ3n) is 3.24. The van der Waals surface area contributed by atoms with E-state index in [1.54, 1.807) is 0 Å². The summed E-state index contributed by atoms with van der Waals surface area (Å²) in [6.45, 7) is 10.9. The normalized spacial score (nSPS) is 10.8. The lowest BCUT2D eigenvalue weighted by Crippen LogP contribution is -1.89. The molecule has 0 atom stereocenters. The molecule has 2 heteroatoms. The second-order valence-corrected chi connectivity index (χ2v) is 6.35. The zero-order valence-electron chi connectivity index (χ0n) is 13.6. The van der Waals surface area contributed by atoms with Gasteiger partial charge in [-0.2, -0.15) is 0 Å². The van der Waals surface area contributed by atoms with Crippen LogP contribution in [0.5, 0.6) is 0 Å². The summed E-state index contributed by atoms with van der Waals surface area (Å²) in [6.07, 6.45) is 10.3. The SMILES string of the molecule is CC(C)CCCCCN=C=NCCCCCC(C)C. The van der Waals surface area contributed by atoms with Crippen LogP contribution in [-0.4, -0.2) is 19.1 Å². The molecule has 0 bridgehead atoms. The van der Waals surface area contributed by atoms with E-state index in [1.165, 1.54) is 51.4 Å². The average molecular weight is 266 g/mol. The molecule has 0 saturated heterocycles. The van der Waals surface area contributed by atoms with E-state index < -0.39 is 0 Å². The molecule has 0 unspecified atom stereocenters. The van der Waals surface area contributed by atoms with Gasteiger partial charge in [0, 0.05) is 13.1 Å². The molecule has 0 aromatic heterocycles. The maximum atomic E-state index is 4.22. The second-order valence-electron chi connectivity index (χ2n) is 6.35. The average Bonchev–Trinajstić information content (AvgIpc) is 2.34. The minimum absolute atomic E-state index is 0.834. The molecule has 0 aromatic carbocycles. The molecule has 0 rings (SSSR count). The Morgan fingerprint density at radius 2 is 1.05 bits per heavy atom. The van der Waals surface area contributed by atoms with Crippen LogP contribution in [-0.2, 0) is 0 Å². The van der Waals surface area contributed by atoms with Crippen LogP contribution in [0.3, 0.4) is 0 Å². The number of aliphatic imine (C=N–C) groups is 2. The summed E-state index contributed by atoms with van der Waals surface area (Å²) in [6, 6.07) is 2.83. The zero-order valence-corrected chi connectivity index (χ0v) is 13.6. The highest BCUT2D eigenvalue weighted by Crippen LogP contribution is 2.08. The first-order chi connectivity index (χ1) is 9.13. The van der Waals surface area contributed by atoms with Gasteiger partial charge >= 0.3 is 0 Å². The van der Waals surface area contributed by atoms with Gasteiger partial charge in [-0.3, -0.25) is 0 Å². The molecule has 0 fully saturated rings. The lowest BCUT2D eigenvalue weighted by molar-refractivity contribution is 0.529. The van der Waals surface area contributed by atoms with Crippen molar-refractivity contribution in [2.24, 2.45) is 21.8 Å². The molecule has 19 heavy (non-hydrogen) atoms. The summed E-state index contributed by atoms with van der Waals surface area (Å²) >= 11 is 0. The monoisotopic (exact) mass is 266 g/mol. The van der Waals surface area contributed by atoms with Crippen molar-refractivity contribution in [2.75, 3.05) is 13.1 Å². The molecule has 0 aliphatic rings. The molecule has 0 saturated carbocycles. The predicted octanol–water partition coefficient (Wildman–Crippen LogP) is 5.59. The Morgan fingerprint density at radius 3 is 1.42 bits per heavy atom. The van der Waals surface area contributed by atoms with Crippen molar-refractivity contribution in [1.29, 1.82) is 0 Å². The van der Waals surface area contributed by atoms with Gasteiger partial charge < -0.3 is 0 Å². The Morgan fingerprint density at radius 1 is 0.632 bits per heavy atom. The summed E-state index contributed by atoms with van der Waals surface area (Å²) in [5.74, 6) is 1.67. The zero-order chi connectivity index (χ0) is 14.3. The van der Waals surface area contributed by atoms with Crippen LogP contribution in [0.2, 0.25) is 0 Å². The van der Waals surface area contributed by atoms with Crippen LogP contribution in [0.4, 0.5) is 0 Å². The first-order valence-corrected chi connectivity index (χ1v) is 8.21. The highest BCUT2D eigenvalue weighted by atomic mass is 14.8. The van der Waals surface area contributed by atoms with Crippen molar-refractivity contribution < 1.29 is 0 Å². The standard InChI is InChI=1S/C17H34N2/c1-16(2)11-7-5-9-13-18-15-19-14-10-6-8-12-17(3)4/h16-17H,5-14H2,1-4H3. The van der Waals surface area contributed by atoms with E-state index in [0.29, 0.717) is 0 Å². The van der Waals surface area contributed by atoms with Gasteiger partial charge in [0.15, 0.2) is 0 Å². The van der Waals surface area contributed by atoms with E-state index in [4.69, 9.17) is 0 Å². The maximum Gasteiger partial charge on any atom is 0.0892 e. The number of hydrogen-bond acceptors (Lipinski definition) is 2. The van der Waals surface area contributed by atoms with Gasteiger partial charge in [-0.05, 0) is 24.7 Å². The van der Waals surface area contributed by atoms with Gasteiger partial charge in [-0.1, -0.05) is 66.2 Å². The molecular formula is C17H34N2. The van der Waals surface area contributed by atoms with Gasteiger partial charge in [0.25, 0.3) is 0 Å². The van der Waals surface area contributed by atoms with Gasteiger partial charge in [0.1, 0.15) is 0 Å². The quantitative estimate of drug-likeness (QED) is 0.325. The van der Waals surface area contributed by atoms with Crippen molar-refractivity contribution in [3.63, 3.8) is 0 Å². The van der Waals surface area contributed by atoms with E-state index in [0.717, 1.165) is 24.9 Å². The fourth-order valence-corrected chi connectivity index (χ4v) is 1.99. The number of unbranched alkanes of at least 4 members (excludes halogenated alkanes) is 4. The van der Waals surface area contributed by atoms with Crippen molar-refractivity contribution in [3.05, 3.63) is 0 Å². The van der Waals surface area contributed by atoms with Crippen molar-refractivity contribution in [3.8, 4) is 0 Å². The first kappa shape index (κ1) is 18.4. The van der Waals surface area contributed by atoms with Crippen LogP contribution < -0.4 is 0 Å². The molecule has 0 radical (unpaired) electrons. The molecule has 0 aromatic rings. The van der Waals surface area contributed by atoms with Crippen molar-refractivity contribution in [2.45, 2.75) is 79.1 Å². The van der Waals surface area contributed by atoms with Gasteiger partial charge in [-0.25, -0.2) is 9.98 Å². The smallest absolute Gasteiger partial charge is 0.0892 e. The Balaban J connectivity index is 3.24. The predicted molar refractivity (Wildman–Crippen MR) is 86.2 cm³/mol. The Bertz CT molecular complexity index is 216. The van der Waals surface area contributed by atoms with Gasteiger partial charge in [-0.15, -0.1) is 0 Å². The molecule has 0 spiro atoms. The molecule has 0 amide bonds. The summed E-state index contributed by atoms with van der Waals surface area (Å²) in [7, 11) is 0. The summed E-state index contributed by atoms with van der Waals surface area (Å²) < 4.78 is 0. The minimum Gasteiger partial charge on any atom is -0.226 e. The third-order valence-corrected chi connectivity index (χ3v) is 3.24. The summed E-state index contributed by atoms with van der Waals surface area (Å²) in [5.41, 5.74) is 0. The molecule has 0 aliphatic carbocycles. The lowest BCUT2D eigenvalue weighted by atomic mass is 10.1. The fourth-order valence-electron chi connectivity index (χ4n) is 1.99. The Kier molecular flexibility index (Phi) is 13.4. The van der Waals surface area contributed by atoms with E-state index >= 15 is 0 Å². The molecule has 0 aliphatic heterocycles. The first-order valence-electron chi connectivity index (χ1n) is 8.21. The number of rotatable bonds is 12. The Labute approximate surface area is 120 Å². The van der Waals surface area contributed by atoms with E-state index in [9.17, 15) is 0 Å². The van der Waals surface area contributed by atoms with Crippen molar-refractivity contribution in [1.82, 2.24) is 0 Å². The summed E-state index contributed by atoms with van der Waals surface area (Å²) in [4.78, 5) is 8.43.